The first-order valence-electron chi connectivity index (χ1n) is 6.30. The molecule has 0 aromatic carbocycles. The molecular weight excluding hydrogens is 198 g/mol. The van der Waals surface area contributed by atoms with Crippen molar-refractivity contribution < 1.29 is 0 Å². The van der Waals surface area contributed by atoms with E-state index in [1.54, 1.807) is 0 Å². The standard InChI is InChI=1S/C13H21N3/c1-10-11(2)16-13(9-14-10)15-8-12-6-4-3-5-7-12/h9,12H,3-8H2,1-2H3,(H,15,16). The monoisotopic (exact) mass is 219 g/mol. The third-order valence-electron chi connectivity index (χ3n) is 3.49. The zero-order valence-electron chi connectivity index (χ0n) is 10.3. The summed E-state index contributed by atoms with van der Waals surface area (Å²) >= 11 is 0. The molecule has 2 rings (SSSR count). The number of aryl methyl sites for hydroxylation is 2. The highest BCUT2D eigenvalue weighted by Gasteiger charge is 2.13. The fraction of sp³-hybridized carbons (Fsp3) is 0.692. The molecule has 0 aliphatic heterocycles. The summed E-state index contributed by atoms with van der Waals surface area (Å²) in [7, 11) is 0. The third kappa shape index (κ3) is 2.94. The molecule has 1 aromatic heterocycles. The molecule has 16 heavy (non-hydrogen) atoms. The van der Waals surface area contributed by atoms with Gasteiger partial charge in [0.25, 0.3) is 0 Å². The quantitative estimate of drug-likeness (QED) is 0.849. The van der Waals surface area contributed by atoms with Gasteiger partial charge in [0.1, 0.15) is 5.82 Å². The van der Waals surface area contributed by atoms with Crippen LogP contribution in [0, 0.1) is 19.8 Å². The summed E-state index contributed by atoms with van der Waals surface area (Å²) in [5, 5.41) is 3.41. The van der Waals surface area contributed by atoms with Gasteiger partial charge in [-0.15, -0.1) is 0 Å². The molecule has 0 radical (unpaired) electrons. The highest BCUT2D eigenvalue weighted by atomic mass is 15.0. The van der Waals surface area contributed by atoms with Crippen molar-refractivity contribution in [2.45, 2.75) is 46.0 Å². The Labute approximate surface area is 97.7 Å². The maximum atomic E-state index is 4.48. The lowest BCUT2D eigenvalue weighted by Gasteiger charge is -2.21. The number of anilines is 1. The molecule has 0 saturated heterocycles. The van der Waals surface area contributed by atoms with Gasteiger partial charge >= 0.3 is 0 Å². The average Bonchev–Trinajstić information content (AvgIpc) is 2.32. The summed E-state index contributed by atoms with van der Waals surface area (Å²) in [4.78, 5) is 8.80. The van der Waals surface area contributed by atoms with Crippen LogP contribution >= 0.6 is 0 Å². The van der Waals surface area contributed by atoms with E-state index in [2.05, 4.69) is 15.3 Å². The summed E-state index contributed by atoms with van der Waals surface area (Å²) in [5.41, 5.74) is 2.04. The van der Waals surface area contributed by atoms with Crippen molar-refractivity contribution in [1.29, 1.82) is 0 Å². The molecule has 88 valence electrons. The second-order valence-corrected chi connectivity index (χ2v) is 4.81. The molecule has 3 heteroatoms. The maximum Gasteiger partial charge on any atom is 0.144 e. The first kappa shape index (κ1) is 11.4. The van der Waals surface area contributed by atoms with Crippen molar-refractivity contribution >= 4 is 5.82 Å². The van der Waals surface area contributed by atoms with Crippen LogP contribution in [0.15, 0.2) is 6.20 Å². The molecule has 0 unspecified atom stereocenters. The van der Waals surface area contributed by atoms with Crippen LogP contribution in [0.4, 0.5) is 5.82 Å². The molecule has 1 aliphatic rings. The highest BCUT2D eigenvalue weighted by molar-refractivity contribution is 5.33. The smallest absolute Gasteiger partial charge is 0.144 e. The van der Waals surface area contributed by atoms with Crippen LogP contribution in [-0.2, 0) is 0 Å². The first-order valence-corrected chi connectivity index (χ1v) is 6.30. The molecular formula is C13H21N3. The SMILES string of the molecule is Cc1ncc(NCC2CCCCC2)nc1C. The molecule has 0 atom stereocenters. The molecule has 1 saturated carbocycles. The third-order valence-corrected chi connectivity index (χ3v) is 3.49. The Morgan fingerprint density at radius 2 is 1.94 bits per heavy atom. The van der Waals surface area contributed by atoms with E-state index < -0.39 is 0 Å². The highest BCUT2D eigenvalue weighted by Crippen LogP contribution is 2.23. The van der Waals surface area contributed by atoms with Crippen LogP contribution in [0.2, 0.25) is 0 Å². The Kier molecular flexibility index (Phi) is 3.75. The Hall–Kier alpha value is -1.12. The number of hydrogen-bond donors (Lipinski definition) is 1. The Balaban J connectivity index is 1.86. The lowest BCUT2D eigenvalue weighted by molar-refractivity contribution is 0.373. The second-order valence-electron chi connectivity index (χ2n) is 4.81. The lowest BCUT2D eigenvalue weighted by Crippen LogP contribution is -2.18. The molecule has 1 aliphatic carbocycles. The van der Waals surface area contributed by atoms with Crippen molar-refractivity contribution in [2.24, 2.45) is 5.92 Å². The number of hydrogen-bond acceptors (Lipinski definition) is 3. The number of nitrogens with zero attached hydrogens (tertiary/aromatic N) is 2. The normalized spacial score (nSPS) is 17.4. The molecule has 1 N–H and O–H groups in total. The van der Waals surface area contributed by atoms with E-state index >= 15 is 0 Å². The lowest BCUT2D eigenvalue weighted by atomic mass is 9.89. The molecule has 1 fully saturated rings. The van der Waals surface area contributed by atoms with Gasteiger partial charge in [-0.2, -0.15) is 0 Å². The van der Waals surface area contributed by atoms with Crippen LogP contribution < -0.4 is 5.32 Å². The van der Waals surface area contributed by atoms with Crippen LogP contribution in [-0.4, -0.2) is 16.5 Å². The number of nitrogens with one attached hydrogen (secondary N) is 1. The summed E-state index contributed by atoms with van der Waals surface area (Å²) in [6, 6.07) is 0. The summed E-state index contributed by atoms with van der Waals surface area (Å²) < 4.78 is 0. The largest absolute Gasteiger partial charge is 0.369 e. The second kappa shape index (κ2) is 5.28. The molecule has 0 bridgehead atoms. The molecule has 0 amide bonds. The fourth-order valence-electron chi connectivity index (χ4n) is 2.27. The van der Waals surface area contributed by atoms with Crippen molar-refractivity contribution in [2.75, 3.05) is 11.9 Å². The van der Waals surface area contributed by atoms with E-state index in [-0.39, 0.29) is 0 Å². The summed E-state index contributed by atoms with van der Waals surface area (Å²) in [5.74, 6) is 1.76. The van der Waals surface area contributed by atoms with Crippen molar-refractivity contribution in [3.8, 4) is 0 Å². The van der Waals surface area contributed by atoms with Crippen LogP contribution in [0.5, 0.6) is 0 Å². The predicted molar refractivity (Wildman–Crippen MR) is 66.6 cm³/mol. The van der Waals surface area contributed by atoms with E-state index in [0.29, 0.717) is 0 Å². The summed E-state index contributed by atoms with van der Waals surface area (Å²) in [6.07, 6.45) is 8.78. The average molecular weight is 219 g/mol. The zero-order valence-corrected chi connectivity index (χ0v) is 10.3. The van der Waals surface area contributed by atoms with Gasteiger partial charge in [-0.1, -0.05) is 19.3 Å². The number of aromatic nitrogens is 2. The van der Waals surface area contributed by atoms with Crippen LogP contribution in [0.3, 0.4) is 0 Å². The molecule has 1 aromatic rings. The minimum absolute atomic E-state index is 0.831. The van der Waals surface area contributed by atoms with Gasteiger partial charge in [0.2, 0.25) is 0 Å². The maximum absolute atomic E-state index is 4.48. The first-order chi connectivity index (χ1) is 7.75. The molecule has 3 nitrogen and oxygen atoms in total. The van der Waals surface area contributed by atoms with E-state index in [0.717, 1.165) is 29.7 Å². The van der Waals surface area contributed by atoms with Gasteiger partial charge in [-0.05, 0) is 32.6 Å². The van der Waals surface area contributed by atoms with Crippen LogP contribution in [0.25, 0.3) is 0 Å². The zero-order chi connectivity index (χ0) is 11.4. The Bertz CT molecular complexity index is 343. The predicted octanol–water partition coefficient (Wildman–Crippen LogP) is 3.09. The van der Waals surface area contributed by atoms with Crippen LogP contribution in [0.1, 0.15) is 43.5 Å². The fourth-order valence-corrected chi connectivity index (χ4v) is 2.27. The van der Waals surface area contributed by atoms with Gasteiger partial charge in [0, 0.05) is 6.54 Å². The van der Waals surface area contributed by atoms with E-state index in [9.17, 15) is 0 Å². The molecule has 0 spiro atoms. The summed E-state index contributed by atoms with van der Waals surface area (Å²) in [6.45, 7) is 5.05. The molecule has 1 heterocycles. The van der Waals surface area contributed by atoms with Gasteiger partial charge in [0.05, 0.1) is 17.6 Å². The van der Waals surface area contributed by atoms with Gasteiger partial charge < -0.3 is 5.32 Å². The van der Waals surface area contributed by atoms with Gasteiger partial charge in [-0.25, -0.2) is 4.98 Å². The Morgan fingerprint density at radius 3 is 2.62 bits per heavy atom. The van der Waals surface area contributed by atoms with E-state index in [1.165, 1.54) is 32.1 Å². The van der Waals surface area contributed by atoms with E-state index in [1.807, 2.05) is 20.0 Å². The van der Waals surface area contributed by atoms with Crippen molar-refractivity contribution in [1.82, 2.24) is 9.97 Å². The Morgan fingerprint density at radius 1 is 1.19 bits per heavy atom. The topological polar surface area (TPSA) is 37.8 Å². The minimum Gasteiger partial charge on any atom is -0.369 e. The van der Waals surface area contributed by atoms with Crippen molar-refractivity contribution in [3.63, 3.8) is 0 Å². The van der Waals surface area contributed by atoms with Gasteiger partial charge in [-0.3, -0.25) is 4.98 Å². The van der Waals surface area contributed by atoms with E-state index in [4.69, 9.17) is 0 Å². The minimum atomic E-state index is 0.831. The van der Waals surface area contributed by atoms with Gasteiger partial charge in [0.15, 0.2) is 0 Å². The van der Waals surface area contributed by atoms with Crippen molar-refractivity contribution in [3.05, 3.63) is 17.6 Å². The number of rotatable bonds is 3.